The molecule has 0 bridgehead atoms. The van der Waals surface area contributed by atoms with E-state index >= 15 is 0 Å². The molecule has 0 saturated carbocycles. The topological polar surface area (TPSA) is 84.7 Å². The van der Waals surface area contributed by atoms with E-state index in [0.29, 0.717) is 25.4 Å². The summed E-state index contributed by atoms with van der Waals surface area (Å²) in [5, 5.41) is 6.72. The number of carbonyl (C=O) groups excluding carboxylic acids is 2. The van der Waals surface area contributed by atoms with Crippen molar-refractivity contribution in [3.8, 4) is 11.3 Å². The monoisotopic (exact) mass is 355 g/mol. The fourth-order valence-corrected chi connectivity index (χ4v) is 2.83. The Labute approximate surface area is 151 Å². The average Bonchev–Trinajstić information content (AvgIpc) is 3.15. The van der Waals surface area contributed by atoms with E-state index in [4.69, 9.17) is 9.26 Å². The van der Waals surface area contributed by atoms with E-state index < -0.39 is 0 Å². The molecule has 7 nitrogen and oxygen atoms in total. The SMILES string of the molecule is COC(=O)N1CC=C(c2ccc(-c3cc(CNC(C)=O)on3)cc2)CC1. The molecule has 0 unspecified atom stereocenters. The van der Waals surface area contributed by atoms with Crippen LogP contribution in [0.5, 0.6) is 0 Å². The molecule has 2 heterocycles. The van der Waals surface area contributed by atoms with Crippen LogP contribution in [-0.4, -0.2) is 42.3 Å². The van der Waals surface area contributed by atoms with Gasteiger partial charge in [0, 0.05) is 31.6 Å². The van der Waals surface area contributed by atoms with Crippen molar-refractivity contribution in [3.05, 3.63) is 47.7 Å². The molecular formula is C19H21N3O4. The van der Waals surface area contributed by atoms with Crippen LogP contribution in [0.3, 0.4) is 0 Å². The number of amides is 2. The number of hydrogen-bond acceptors (Lipinski definition) is 5. The van der Waals surface area contributed by atoms with E-state index in [9.17, 15) is 9.59 Å². The average molecular weight is 355 g/mol. The molecule has 1 aromatic heterocycles. The molecule has 0 spiro atoms. The van der Waals surface area contributed by atoms with Gasteiger partial charge in [0.05, 0.1) is 13.7 Å². The molecule has 2 aromatic rings. The third-order valence-corrected chi connectivity index (χ3v) is 4.26. The van der Waals surface area contributed by atoms with Gasteiger partial charge < -0.3 is 19.5 Å². The third-order valence-electron chi connectivity index (χ3n) is 4.26. The van der Waals surface area contributed by atoms with E-state index in [1.54, 1.807) is 4.90 Å². The first-order valence-electron chi connectivity index (χ1n) is 8.39. The summed E-state index contributed by atoms with van der Waals surface area (Å²) in [6, 6.07) is 9.87. The van der Waals surface area contributed by atoms with E-state index in [1.165, 1.54) is 19.6 Å². The molecule has 26 heavy (non-hydrogen) atoms. The van der Waals surface area contributed by atoms with Gasteiger partial charge in [0.25, 0.3) is 0 Å². The molecule has 3 rings (SSSR count). The minimum atomic E-state index is -0.295. The first-order chi connectivity index (χ1) is 12.6. The lowest BCUT2D eigenvalue weighted by Gasteiger charge is -2.25. The van der Waals surface area contributed by atoms with Crippen LogP contribution in [-0.2, 0) is 16.1 Å². The zero-order chi connectivity index (χ0) is 18.5. The van der Waals surface area contributed by atoms with Crippen molar-refractivity contribution < 1.29 is 18.8 Å². The summed E-state index contributed by atoms with van der Waals surface area (Å²) in [7, 11) is 1.39. The summed E-state index contributed by atoms with van der Waals surface area (Å²) in [6.45, 7) is 2.99. The lowest BCUT2D eigenvalue weighted by molar-refractivity contribution is -0.119. The van der Waals surface area contributed by atoms with Crippen LogP contribution in [0.4, 0.5) is 4.79 Å². The number of hydrogen-bond donors (Lipinski definition) is 1. The van der Waals surface area contributed by atoms with Crippen LogP contribution in [0.1, 0.15) is 24.7 Å². The lowest BCUT2D eigenvalue weighted by atomic mass is 9.98. The van der Waals surface area contributed by atoms with E-state index in [-0.39, 0.29) is 12.0 Å². The molecular weight excluding hydrogens is 334 g/mol. The first-order valence-corrected chi connectivity index (χ1v) is 8.39. The molecule has 0 aliphatic carbocycles. The van der Waals surface area contributed by atoms with Gasteiger partial charge in [0.1, 0.15) is 5.69 Å². The van der Waals surface area contributed by atoms with E-state index in [2.05, 4.69) is 16.5 Å². The largest absolute Gasteiger partial charge is 0.453 e. The number of ether oxygens (including phenoxy) is 1. The zero-order valence-electron chi connectivity index (χ0n) is 14.8. The summed E-state index contributed by atoms with van der Waals surface area (Å²) >= 11 is 0. The maximum Gasteiger partial charge on any atom is 0.409 e. The minimum Gasteiger partial charge on any atom is -0.453 e. The van der Waals surface area contributed by atoms with Crippen LogP contribution < -0.4 is 5.32 Å². The van der Waals surface area contributed by atoms with Gasteiger partial charge >= 0.3 is 6.09 Å². The molecule has 1 aromatic carbocycles. The Morgan fingerprint density at radius 1 is 1.27 bits per heavy atom. The van der Waals surface area contributed by atoms with Gasteiger partial charge in [-0.15, -0.1) is 0 Å². The number of nitrogens with one attached hydrogen (secondary N) is 1. The van der Waals surface area contributed by atoms with E-state index in [1.807, 2.05) is 30.3 Å². The normalized spacial score (nSPS) is 13.9. The van der Waals surface area contributed by atoms with Gasteiger partial charge in [0.15, 0.2) is 5.76 Å². The Morgan fingerprint density at radius 2 is 2.00 bits per heavy atom. The highest BCUT2D eigenvalue weighted by atomic mass is 16.5. The fraction of sp³-hybridized carbons (Fsp3) is 0.316. The van der Waals surface area contributed by atoms with Crippen molar-refractivity contribution in [2.45, 2.75) is 19.9 Å². The second-order valence-corrected chi connectivity index (χ2v) is 6.06. The maximum absolute atomic E-state index is 11.5. The number of rotatable bonds is 4. The number of benzene rings is 1. The van der Waals surface area contributed by atoms with Gasteiger partial charge in [-0.1, -0.05) is 35.5 Å². The van der Waals surface area contributed by atoms with Crippen molar-refractivity contribution >= 4 is 17.6 Å². The number of aromatic nitrogens is 1. The fourth-order valence-electron chi connectivity index (χ4n) is 2.83. The standard InChI is InChI=1S/C19H21N3O4/c1-13(23)20-12-17-11-18(21-26-17)16-5-3-14(4-6-16)15-7-9-22(10-8-15)19(24)25-2/h3-7,11H,8-10,12H2,1-2H3,(H,20,23). The van der Waals surface area contributed by atoms with Crippen LogP contribution in [0.2, 0.25) is 0 Å². The predicted octanol–water partition coefficient (Wildman–Crippen LogP) is 2.83. The summed E-state index contributed by atoms with van der Waals surface area (Å²) in [6.07, 6.45) is 2.55. The smallest absolute Gasteiger partial charge is 0.409 e. The zero-order valence-corrected chi connectivity index (χ0v) is 14.8. The number of nitrogens with zero attached hydrogens (tertiary/aromatic N) is 2. The van der Waals surface area contributed by atoms with Crippen molar-refractivity contribution in [2.75, 3.05) is 20.2 Å². The van der Waals surface area contributed by atoms with Gasteiger partial charge in [-0.25, -0.2) is 4.79 Å². The Kier molecular flexibility index (Phi) is 5.36. The van der Waals surface area contributed by atoms with Gasteiger partial charge in [-0.2, -0.15) is 0 Å². The highest BCUT2D eigenvalue weighted by Gasteiger charge is 2.18. The van der Waals surface area contributed by atoms with Crippen molar-refractivity contribution in [1.82, 2.24) is 15.4 Å². The molecule has 7 heteroatoms. The Balaban J connectivity index is 1.66. The molecule has 0 atom stereocenters. The second-order valence-electron chi connectivity index (χ2n) is 6.06. The van der Waals surface area contributed by atoms with Crippen LogP contribution in [0.25, 0.3) is 16.8 Å². The van der Waals surface area contributed by atoms with Crippen molar-refractivity contribution in [1.29, 1.82) is 0 Å². The van der Waals surface area contributed by atoms with Crippen molar-refractivity contribution in [2.24, 2.45) is 0 Å². The van der Waals surface area contributed by atoms with Crippen LogP contribution in [0.15, 0.2) is 40.9 Å². The molecule has 136 valence electrons. The van der Waals surface area contributed by atoms with Gasteiger partial charge in [-0.3, -0.25) is 4.79 Å². The molecule has 0 fully saturated rings. The first kappa shape index (κ1) is 17.7. The molecule has 1 aliphatic heterocycles. The number of carbonyl (C=O) groups is 2. The summed E-state index contributed by atoms with van der Waals surface area (Å²) in [5.41, 5.74) is 4.01. The van der Waals surface area contributed by atoms with Gasteiger partial charge in [0.2, 0.25) is 5.91 Å². The Bertz CT molecular complexity index is 824. The maximum atomic E-state index is 11.5. The van der Waals surface area contributed by atoms with Crippen molar-refractivity contribution in [3.63, 3.8) is 0 Å². The molecule has 0 radical (unpaired) electrons. The molecule has 1 N–H and O–H groups in total. The summed E-state index contributed by atoms with van der Waals surface area (Å²) < 4.78 is 9.98. The lowest BCUT2D eigenvalue weighted by Crippen LogP contribution is -2.34. The Hall–Kier alpha value is -3.09. The minimum absolute atomic E-state index is 0.112. The number of methoxy groups -OCH3 is 1. The quantitative estimate of drug-likeness (QED) is 0.912. The second kappa shape index (κ2) is 7.86. The van der Waals surface area contributed by atoms with Crippen LogP contribution in [0, 0.1) is 0 Å². The molecule has 0 saturated heterocycles. The highest BCUT2D eigenvalue weighted by molar-refractivity contribution is 5.74. The van der Waals surface area contributed by atoms with Crippen LogP contribution >= 0.6 is 0 Å². The summed E-state index contributed by atoms with van der Waals surface area (Å²) in [4.78, 5) is 24.2. The van der Waals surface area contributed by atoms with Gasteiger partial charge in [-0.05, 0) is 17.6 Å². The Morgan fingerprint density at radius 3 is 2.62 bits per heavy atom. The molecule has 1 aliphatic rings. The molecule has 2 amide bonds. The van der Waals surface area contributed by atoms with E-state index in [0.717, 1.165) is 23.2 Å². The summed E-state index contributed by atoms with van der Waals surface area (Å²) in [5.74, 6) is 0.496. The highest BCUT2D eigenvalue weighted by Crippen LogP contribution is 2.26. The predicted molar refractivity (Wildman–Crippen MR) is 96.0 cm³/mol. The third kappa shape index (κ3) is 4.11.